The summed E-state index contributed by atoms with van der Waals surface area (Å²) >= 11 is 5.66. The highest BCUT2D eigenvalue weighted by molar-refractivity contribution is 6.29. The first-order valence-corrected chi connectivity index (χ1v) is 7.31. The van der Waals surface area contributed by atoms with Crippen molar-refractivity contribution in [1.82, 2.24) is 19.7 Å². The lowest BCUT2D eigenvalue weighted by Crippen LogP contribution is -2.43. The molecule has 2 aromatic rings. The fourth-order valence-corrected chi connectivity index (χ4v) is 2.50. The summed E-state index contributed by atoms with van der Waals surface area (Å²) in [5.74, 6) is -0.353. The number of furan rings is 1. The Balaban J connectivity index is 1.81. The highest BCUT2D eigenvalue weighted by Crippen LogP contribution is 2.25. The van der Waals surface area contributed by atoms with E-state index in [1.54, 1.807) is 0 Å². The molecule has 0 aliphatic carbocycles. The molecular weight excluding hydrogens is 353 g/mol. The highest BCUT2D eigenvalue weighted by Gasteiger charge is 2.34. The second-order valence-corrected chi connectivity index (χ2v) is 5.48. The van der Waals surface area contributed by atoms with Crippen LogP contribution in [0, 0.1) is 0 Å². The molecule has 0 aromatic carbocycles. The van der Waals surface area contributed by atoms with Gasteiger partial charge in [-0.3, -0.25) is 4.79 Å². The zero-order valence-corrected chi connectivity index (χ0v) is 12.9. The van der Waals surface area contributed by atoms with Crippen molar-refractivity contribution in [3.63, 3.8) is 0 Å². The van der Waals surface area contributed by atoms with Crippen molar-refractivity contribution in [2.75, 3.05) is 19.8 Å². The van der Waals surface area contributed by atoms with Crippen molar-refractivity contribution in [3.8, 4) is 0 Å². The molecule has 0 saturated carbocycles. The van der Waals surface area contributed by atoms with Crippen molar-refractivity contribution >= 4 is 17.5 Å². The van der Waals surface area contributed by atoms with E-state index in [-0.39, 0.29) is 30.0 Å². The third-order valence-corrected chi connectivity index (χ3v) is 3.57. The summed E-state index contributed by atoms with van der Waals surface area (Å²) in [5, 5.41) is 3.87. The number of amides is 1. The molecule has 1 unspecified atom stereocenters. The van der Waals surface area contributed by atoms with Crippen LogP contribution in [0.15, 0.2) is 22.9 Å². The summed E-state index contributed by atoms with van der Waals surface area (Å²) in [6, 6.07) is 2.15. The molecular formula is C13H12ClF3N4O3. The summed E-state index contributed by atoms with van der Waals surface area (Å²) in [6.07, 6.45) is -3.43. The molecule has 7 nitrogen and oxygen atoms in total. The van der Waals surface area contributed by atoms with Crippen LogP contribution in [-0.4, -0.2) is 51.5 Å². The Hall–Kier alpha value is -2.07. The van der Waals surface area contributed by atoms with Gasteiger partial charge >= 0.3 is 6.18 Å². The molecule has 1 aliphatic rings. The number of rotatable bonds is 3. The fourth-order valence-electron chi connectivity index (χ4n) is 2.35. The average Bonchev–Trinajstić information content (AvgIpc) is 3.14. The van der Waals surface area contributed by atoms with Gasteiger partial charge in [-0.2, -0.15) is 18.3 Å². The number of ether oxygens (including phenoxy) is 1. The van der Waals surface area contributed by atoms with E-state index in [2.05, 4.69) is 10.1 Å². The smallest absolute Gasteiger partial charge is 0.408 e. The molecule has 1 fully saturated rings. The van der Waals surface area contributed by atoms with Crippen molar-refractivity contribution in [1.29, 1.82) is 0 Å². The van der Waals surface area contributed by atoms with Crippen LogP contribution in [0.2, 0.25) is 5.22 Å². The van der Waals surface area contributed by atoms with Gasteiger partial charge in [-0.1, -0.05) is 0 Å². The first-order chi connectivity index (χ1) is 11.3. The monoisotopic (exact) mass is 364 g/mol. The van der Waals surface area contributed by atoms with E-state index in [1.165, 1.54) is 17.0 Å². The van der Waals surface area contributed by atoms with E-state index in [4.69, 9.17) is 20.8 Å². The zero-order chi connectivity index (χ0) is 17.3. The van der Waals surface area contributed by atoms with E-state index < -0.39 is 24.7 Å². The summed E-state index contributed by atoms with van der Waals surface area (Å²) in [7, 11) is 0. The van der Waals surface area contributed by atoms with Gasteiger partial charge in [0.15, 0.2) is 16.8 Å². The SMILES string of the molecule is O=C(c1ccc(Cl)o1)N1CCOCC1c1ncn(CC(F)(F)F)n1. The van der Waals surface area contributed by atoms with Crippen molar-refractivity contribution in [2.24, 2.45) is 0 Å². The molecule has 1 atom stereocenters. The van der Waals surface area contributed by atoms with Gasteiger partial charge in [-0.25, -0.2) is 9.67 Å². The molecule has 3 rings (SSSR count). The Bertz CT molecular complexity index is 730. The number of morpholine rings is 1. The summed E-state index contributed by atoms with van der Waals surface area (Å²) in [6.45, 7) is -0.652. The molecule has 11 heteroatoms. The number of hydrogen-bond acceptors (Lipinski definition) is 5. The van der Waals surface area contributed by atoms with Crippen molar-refractivity contribution < 1.29 is 27.1 Å². The summed E-state index contributed by atoms with van der Waals surface area (Å²) in [5.41, 5.74) is 0. The predicted octanol–water partition coefficient (Wildman–Crippen LogP) is 2.30. The van der Waals surface area contributed by atoms with Gasteiger partial charge < -0.3 is 14.1 Å². The van der Waals surface area contributed by atoms with Crippen LogP contribution in [-0.2, 0) is 11.3 Å². The van der Waals surface area contributed by atoms with E-state index in [1.807, 2.05) is 0 Å². The van der Waals surface area contributed by atoms with Gasteiger partial charge in [0, 0.05) is 6.54 Å². The lowest BCUT2D eigenvalue weighted by atomic mass is 10.2. The Morgan fingerprint density at radius 3 is 2.88 bits per heavy atom. The molecule has 0 spiro atoms. The number of carbonyl (C=O) groups excluding carboxylic acids is 1. The minimum Gasteiger partial charge on any atom is -0.440 e. The number of hydrogen-bond donors (Lipinski definition) is 0. The lowest BCUT2D eigenvalue weighted by Gasteiger charge is -2.33. The Morgan fingerprint density at radius 2 is 2.21 bits per heavy atom. The summed E-state index contributed by atoms with van der Waals surface area (Å²) < 4.78 is 48.3. The second kappa shape index (κ2) is 6.44. The third-order valence-electron chi connectivity index (χ3n) is 3.37. The normalized spacial score (nSPS) is 18.8. The third kappa shape index (κ3) is 3.70. The van der Waals surface area contributed by atoms with Crippen LogP contribution in [0.25, 0.3) is 0 Å². The van der Waals surface area contributed by atoms with E-state index >= 15 is 0 Å². The number of aromatic nitrogens is 3. The van der Waals surface area contributed by atoms with Crippen LogP contribution < -0.4 is 0 Å². The fraction of sp³-hybridized carbons (Fsp3) is 0.462. The maximum absolute atomic E-state index is 12.5. The van der Waals surface area contributed by atoms with Crippen molar-refractivity contribution in [2.45, 2.75) is 18.8 Å². The van der Waals surface area contributed by atoms with Gasteiger partial charge in [-0.15, -0.1) is 0 Å². The molecule has 24 heavy (non-hydrogen) atoms. The molecule has 1 amide bonds. The molecule has 1 aliphatic heterocycles. The average molecular weight is 365 g/mol. The van der Waals surface area contributed by atoms with E-state index in [0.29, 0.717) is 11.3 Å². The van der Waals surface area contributed by atoms with Crippen molar-refractivity contribution in [3.05, 3.63) is 35.3 Å². The molecule has 130 valence electrons. The second-order valence-electron chi connectivity index (χ2n) is 5.11. The lowest BCUT2D eigenvalue weighted by molar-refractivity contribution is -0.142. The maximum Gasteiger partial charge on any atom is 0.408 e. The maximum atomic E-state index is 12.5. The van der Waals surface area contributed by atoms with E-state index in [0.717, 1.165) is 6.33 Å². The first kappa shape index (κ1) is 16.8. The number of carbonyl (C=O) groups is 1. The Morgan fingerprint density at radius 1 is 1.42 bits per heavy atom. The molecule has 0 bridgehead atoms. The topological polar surface area (TPSA) is 73.4 Å². The number of nitrogens with zero attached hydrogens (tertiary/aromatic N) is 4. The van der Waals surface area contributed by atoms with Gasteiger partial charge in [-0.05, 0) is 23.7 Å². The minimum atomic E-state index is -4.41. The van der Waals surface area contributed by atoms with Gasteiger partial charge in [0.1, 0.15) is 18.9 Å². The number of alkyl halides is 3. The Labute approximate surface area is 138 Å². The predicted molar refractivity (Wildman–Crippen MR) is 74.4 cm³/mol. The van der Waals surface area contributed by atoms with Crippen LogP contribution in [0.3, 0.4) is 0 Å². The van der Waals surface area contributed by atoms with Crippen LogP contribution in [0.1, 0.15) is 22.4 Å². The zero-order valence-electron chi connectivity index (χ0n) is 12.2. The minimum absolute atomic E-state index is 0.0293. The van der Waals surface area contributed by atoms with Gasteiger partial charge in [0.2, 0.25) is 0 Å². The molecule has 3 heterocycles. The van der Waals surface area contributed by atoms with Crippen LogP contribution in [0.4, 0.5) is 13.2 Å². The molecule has 0 radical (unpaired) electrons. The van der Waals surface area contributed by atoms with E-state index in [9.17, 15) is 18.0 Å². The largest absolute Gasteiger partial charge is 0.440 e. The highest BCUT2D eigenvalue weighted by atomic mass is 35.5. The molecule has 1 saturated heterocycles. The molecule has 0 N–H and O–H groups in total. The van der Waals surface area contributed by atoms with Crippen LogP contribution in [0.5, 0.6) is 0 Å². The van der Waals surface area contributed by atoms with Gasteiger partial charge in [0.05, 0.1) is 13.2 Å². The number of halogens is 4. The molecule has 2 aromatic heterocycles. The Kier molecular flexibility index (Phi) is 4.50. The summed E-state index contributed by atoms with van der Waals surface area (Å²) in [4.78, 5) is 17.8. The quantitative estimate of drug-likeness (QED) is 0.835. The van der Waals surface area contributed by atoms with Crippen LogP contribution >= 0.6 is 11.6 Å². The first-order valence-electron chi connectivity index (χ1n) is 6.93. The van der Waals surface area contributed by atoms with Gasteiger partial charge in [0.25, 0.3) is 5.91 Å². The standard InChI is InChI=1S/C13H12ClF3N4O3/c14-10-2-1-9(24-10)12(22)21-3-4-23-5-8(21)11-18-7-20(19-11)6-13(15,16)17/h1-2,7-8H,3-6H2.